The highest BCUT2D eigenvalue weighted by molar-refractivity contribution is 7.13. The fourth-order valence-corrected chi connectivity index (χ4v) is 3.49. The molecule has 0 aliphatic carbocycles. The molecule has 2 N–H and O–H groups in total. The zero-order valence-corrected chi connectivity index (χ0v) is 15.4. The first-order chi connectivity index (χ1) is 13.1. The van der Waals surface area contributed by atoms with Crippen LogP contribution in [0.2, 0.25) is 0 Å². The Kier molecular flexibility index (Phi) is 5.83. The normalized spacial score (nSPS) is 11.6. The largest absolute Gasteiger partial charge is 0.496 e. The van der Waals surface area contributed by atoms with Gasteiger partial charge in [0.1, 0.15) is 10.8 Å². The fraction of sp³-hybridized carbons (Fsp3) is 0.150. The predicted octanol–water partition coefficient (Wildman–Crippen LogP) is 3.30. The average molecular weight is 382 g/mol. The number of carboxylic acid groups (broad SMARTS) is 1. The molecule has 1 atom stereocenters. The molecule has 3 aromatic rings. The second-order valence-corrected chi connectivity index (χ2v) is 6.63. The van der Waals surface area contributed by atoms with Crippen molar-refractivity contribution < 1.29 is 19.4 Å². The third-order valence-corrected chi connectivity index (χ3v) is 4.84. The van der Waals surface area contributed by atoms with E-state index in [4.69, 9.17) is 4.74 Å². The highest BCUT2D eigenvalue weighted by Crippen LogP contribution is 2.31. The van der Waals surface area contributed by atoms with E-state index in [-0.39, 0.29) is 6.42 Å². The van der Waals surface area contributed by atoms with Gasteiger partial charge >= 0.3 is 5.97 Å². The Balaban J connectivity index is 1.71. The summed E-state index contributed by atoms with van der Waals surface area (Å²) < 4.78 is 5.34. The van der Waals surface area contributed by atoms with E-state index in [9.17, 15) is 14.7 Å². The minimum atomic E-state index is -1.11. The van der Waals surface area contributed by atoms with Crippen molar-refractivity contribution in [3.05, 3.63) is 71.2 Å². The van der Waals surface area contributed by atoms with Crippen LogP contribution in [-0.4, -0.2) is 29.1 Å². The Morgan fingerprint density at radius 1 is 1.15 bits per heavy atom. The third-order valence-electron chi connectivity index (χ3n) is 3.92. The van der Waals surface area contributed by atoms with Crippen molar-refractivity contribution in [3.8, 4) is 16.3 Å². The van der Waals surface area contributed by atoms with E-state index < -0.39 is 17.9 Å². The molecule has 138 valence electrons. The van der Waals surface area contributed by atoms with Gasteiger partial charge in [0.05, 0.1) is 24.8 Å². The number of ether oxygens (including phenoxy) is 1. The standard InChI is InChI=1S/C20H18N2O4S/c1-26-16-10-6-5-9-15(16)19-21-14(12-27-19)11-17(23)22-18(20(24)25)13-7-3-2-4-8-13/h2-10,12,18H,11H2,1H3,(H,22,23)(H,24,25)/t18-/m0/s1. The van der Waals surface area contributed by atoms with Gasteiger partial charge in [0.15, 0.2) is 6.04 Å². The second kappa shape index (κ2) is 8.46. The average Bonchev–Trinajstić information content (AvgIpc) is 3.14. The molecule has 6 nitrogen and oxygen atoms in total. The Labute approximate surface area is 160 Å². The molecule has 1 aromatic heterocycles. The SMILES string of the molecule is COc1ccccc1-c1nc(CC(=O)N[C@H](C(=O)O)c2ccccc2)cs1. The summed E-state index contributed by atoms with van der Waals surface area (Å²) in [7, 11) is 1.59. The smallest absolute Gasteiger partial charge is 0.330 e. The highest BCUT2D eigenvalue weighted by Gasteiger charge is 2.22. The number of thiazole rings is 1. The number of carboxylic acids is 1. The maximum absolute atomic E-state index is 12.3. The van der Waals surface area contributed by atoms with Crippen molar-refractivity contribution in [2.24, 2.45) is 0 Å². The lowest BCUT2D eigenvalue weighted by atomic mass is 10.1. The first-order valence-corrected chi connectivity index (χ1v) is 9.11. The van der Waals surface area contributed by atoms with Crippen molar-refractivity contribution in [2.75, 3.05) is 7.11 Å². The van der Waals surface area contributed by atoms with Crippen LogP contribution in [0.4, 0.5) is 0 Å². The maximum Gasteiger partial charge on any atom is 0.330 e. The van der Waals surface area contributed by atoms with E-state index in [1.807, 2.05) is 24.3 Å². The molecule has 2 aromatic carbocycles. The summed E-state index contributed by atoms with van der Waals surface area (Å²) in [6, 6.07) is 15.0. The fourth-order valence-electron chi connectivity index (χ4n) is 2.64. The van der Waals surface area contributed by atoms with Crippen LogP contribution in [0, 0.1) is 0 Å². The molecule has 0 aliphatic heterocycles. The Bertz CT molecular complexity index is 940. The highest BCUT2D eigenvalue weighted by atomic mass is 32.1. The number of nitrogens with one attached hydrogen (secondary N) is 1. The number of hydrogen-bond acceptors (Lipinski definition) is 5. The molecule has 0 fully saturated rings. The molecule has 1 amide bonds. The molecule has 0 saturated carbocycles. The summed E-state index contributed by atoms with van der Waals surface area (Å²) in [5.41, 5.74) is 1.95. The van der Waals surface area contributed by atoms with Gasteiger partial charge < -0.3 is 15.2 Å². The van der Waals surface area contributed by atoms with E-state index in [0.29, 0.717) is 17.0 Å². The van der Waals surface area contributed by atoms with Gasteiger partial charge in [-0.25, -0.2) is 9.78 Å². The molecule has 7 heteroatoms. The third kappa shape index (κ3) is 4.51. The molecule has 0 unspecified atom stereocenters. The number of carbonyl (C=O) groups is 2. The number of para-hydroxylation sites is 1. The summed E-state index contributed by atoms with van der Waals surface area (Å²) >= 11 is 1.41. The first-order valence-electron chi connectivity index (χ1n) is 8.23. The van der Waals surface area contributed by atoms with E-state index in [2.05, 4.69) is 10.3 Å². The molecule has 0 aliphatic rings. The summed E-state index contributed by atoms with van der Waals surface area (Å²) in [4.78, 5) is 28.3. The molecule has 0 radical (unpaired) electrons. The zero-order valence-electron chi connectivity index (χ0n) is 14.6. The number of aromatic nitrogens is 1. The summed E-state index contributed by atoms with van der Waals surface area (Å²) in [6.45, 7) is 0. The van der Waals surface area contributed by atoms with E-state index in [1.54, 1.807) is 42.8 Å². The Hall–Kier alpha value is -3.19. The van der Waals surface area contributed by atoms with Gasteiger partial charge in [-0.05, 0) is 17.7 Å². The molecule has 0 saturated heterocycles. The van der Waals surface area contributed by atoms with E-state index >= 15 is 0 Å². The molecule has 27 heavy (non-hydrogen) atoms. The first kappa shape index (κ1) is 18.6. The van der Waals surface area contributed by atoms with Crippen LogP contribution in [0.15, 0.2) is 60.0 Å². The molecule has 0 spiro atoms. The number of benzene rings is 2. The summed E-state index contributed by atoms with van der Waals surface area (Å²) in [5.74, 6) is -0.802. The van der Waals surface area contributed by atoms with Crippen LogP contribution in [-0.2, 0) is 16.0 Å². The lowest BCUT2D eigenvalue weighted by Crippen LogP contribution is -2.34. The van der Waals surface area contributed by atoms with Gasteiger partial charge in [-0.2, -0.15) is 0 Å². The number of carbonyl (C=O) groups excluding carboxylic acids is 1. The molecule has 0 bridgehead atoms. The van der Waals surface area contributed by atoms with Gasteiger partial charge in [0.2, 0.25) is 5.91 Å². The van der Waals surface area contributed by atoms with Gasteiger partial charge in [0, 0.05) is 5.38 Å². The monoisotopic (exact) mass is 382 g/mol. The zero-order chi connectivity index (χ0) is 19.2. The lowest BCUT2D eigenvalue weighted by Gasteiger charge is -2.14. The number of amides is 1. The number of aliphatic carboxylic acids is 1. The van der Waals surface area contributed by atoms with Crippen molar-refractivity contribution >= 4 is 23.2 Å². The minimum absolute atomic E-state index is 0.00224. The van der Waals surface area contributed by atoms with Crippen molar-refractivity contribution in [3.63, 3.8) is 0 Å². The van der Waals surface area contributed by atoms with Crippen LogP contribution in [0.1, 0.15) is 17.3 Å². The van der Waals surface area contributed by atoms with Crippen LogP contribution >= 0.6 is 11.3 Å². The lowest BCUT2D eigenvalue weighted by molar-refractivity contribution is -0.142. The number of rotatable bonds is 7. The summed E-state index contributed by atoms with van der Waals surface area (Å²) in [6.07, 6.45) is 0.00224. The molecular weight excluding hydrogens is 364 g/mol. The van der Waals surface area contributed by atoms with Gasteiger partial charge in [-0.15, -0.1) is 11.3 Å². The van der Waals surface area contributed by atoms with Crippen LogP contribution in [0.5, 0.6) is 5.75 Å². The molecule has 3 rings (SSSR count). The van der Waals surface area contributed by atoms with E-state index in [0.717, 1.165) is 10.6 Å². The van der Waals surface area contributed by atoms with Crippen molar-refractivity contribution in [2.45, 2.75) is 12.5 Å². The maximum atomic E-state index is 12.3. The Morgan fingerprint density at radius 2 is 1.85 bits per heavy atom. The molecular formula is C20H18N2O4S. The number of hydrogen-bond donors (Lipinski definition) is 2. The topological polar surface area (TPSA) is 88.5 Å². The minimum Gasteiger partial charge on any atom is -0.496 e. The quantitative estimate of drug-likeness (QED) is 0.654. The number of methoxy groups -OCH3 is 1. The van der Waals surface area contributed by atoms with Gasteiger partial charge in [-0.1, -0.05) is 42.5 Å². The predicted molar refractivity (Wildman–Crippen MR) is 103 cm³/mol. The Morgan fingerprint density at radius 3 is 2.56 bits per heavy atom. The van der Waals surface area contributed by atoms with Crippen molar-refractivity contribution in [1.82, 2.24) is 10.3 Å². The van der Waals surface area contributed by atoms with Crippen LogP contribution < -0.4 is 10.1 Å². The second-order valence-electron chi connectivity index (χ2n) is 5.77. The van der Waals surface area contributed by atoms with E-state index in [1.165, 1.54) is 11.3 Å². The van der Waals surface area contributed by atoms with Gasteiger partial charge in [0.25, 0.3) is 0 Å². The number of nitrogens with zero attached hydrogens (tertiary/aromatic N) is 1. The van der Waals surface area contributed by atoms with Crippen LogP contribution in [0.25, 0.3) is 10.6 Å². The van der Waals surface area contributed by atoms with Crippen LogP contribution in [0.3, 0.4) is 0 Å². The van der Waals surface area contributed by atoms with Gasteiger partial charge in [-0.3, -0.25) is 4.79 Å². The molecule has 1 heterocycles. The summed E-state index contributed by atoms with van der Waals surface area (Å²) in [5, 5.41) is 14.5. The van der Waals surface area contributed by atoms with Crippen molar-refractivity contribution in [1.29, 1.82) is 0 Å².